The Hall–Kier alpha value is -1.68. The number of hydrogen-bond donors (Lipinski definition) is 1. The molecule has 4 heteroatoms. The molecule has 1 N–H and O–H groups in total. The maximum Gasteiger partial charge on any atom is 0.0856 e. The van der Waals surface area contributed by atoms with E-state index in [4.69, 9.17) is 0 Å². The van der Waals surface area contributed by atoms with Crippen molar-refractivity contribution in [2.45, 2.75) is 13.0 Å². The molecule has 0 aliphatic heterocycles. The Balaban J connectivity index is 2.31. The van der Waals surface area contributed by atoms with Gasteiger partial charge in [0.05, 0.1) is 24.2 Å². The monoisotopic (exact) mass is 189 g/mol. The Morgan fingerprint density at radius 3 is 2.21 bits per heavy atom. The average molecular weight is 189 g/mol. The van der Waals surface area contributed by atoms with Gasteiger partial charge in [-0.2, -0.15) is 15.0 Å². The predicted molar refractivity (Wildman–Crippen MR) is 52.0 cm³/mol. The van der Waals surface area contributed by atoms with E-state index < -0.39 is 6.10 Å². The zero-order valence-corrected chi connectivity index (χ0v) is 7.83. The van der Waals surface area contributed by atoms with Crippen molar-refractivity contribution >= 4 is 0 Å². The first-order valence-electron chi connectivity index (χ1n) is 4.42. The van der Waals surface area contributed by atoms with E-state index in [0.717, 1.165) is 11.3 Å². The number of hydrogen-bond acceptors (Lipinski definition) is 3. The van der Waals surface area contributed by atoms with E-state index in [0.29, 0.717) is 0 Å². The second-order valence-corrected chi connectivity index (χ2v) is 3.09. The molecule has 0 fully saturated rings. The molecule has 1 unspecified atom stereocenters. The normalized spacial score (nSPS) is 12.7. The summed E-state index contributed by atoms with van der Waals surface area (Å²) in [4.78, 5) is 1.53. The molecule has 1 atom stereocenters. The molecule has 0 saturated heterocycles. The van der Waals surface area contributed by atoms with E-state index in [1.165, 1.54) is 4.80 Å². The van der Waals surface area contributed by atoms with Crippen molar-refractivity contribution in [3.8, 4) is 5.69 Å². The molecule has 0 aliphatic rings. The largest absolute Gasteiger partial charge is 0.389 e. The van der Waals surface area contributed by atoms with Gasteiger partial charge in [-0.15, -0.1) is 0 Å². The first-order valence-corrected chi connectivity index (χ1v) is 4.42. The average Bonchev–Trinajstić information content (AvgIpc) is 2.71. The molecule has 0 radical (unpaired) electrons. The summed E-state index contributed by atoms with van der Waals surface area (Å²) >= 11 is 0. The Bertz CT molecular complexity index is 392. The lowest BCUT2D eigenvalue weighted by Gasteiger charge is -2.05. The highest BCUT2D eigenvalue weighted by atomic mass is 16.3. The minimum absolute atomic E-state index is 0.436. The van der Waals surface area contributed by atoms with Crippen molar-refractivity contribution in [2.75, 3.05) is 0 Å². The third-order valence-corrected chi connectivity index (χ3v) is 2.03. The fourth-order valence-corrected chi connectivity index (χ4v) is 1.24. The van der Waals surface area contributed by atoms with Gasteiger partial charge in [-0.05, 0) is 24.6 Å². The van der Waals surface area contributed by atoms with Gasteiger partial charge in [0.25, 0.3) is 0 Å². The zero-order valence-electron chi connectivity index (χ0n) is 7.83. The van der Waals surface area contributed by atoms with Crippen molar-refractivity contribution in [3.05, 3.63) is 42.2 Å². The van der Waals surface area contributed by atoms with Crippen LogP contribution < -0.4 is 0 Å². The van der Waals surface area contributed by atoms with Gasteiger partial charge in [0, 0.05) is 0 Å². The van der Waals surface area contributed by atoms with Gasteiger partial charge >= 0.3 is 0 Å². The van der Waals surface area contributed by atoms with Crippen LogP contribution in [0.4, 0.5) is 0 Å². The predicted octanol–water partition coefficient (Wildman–Crippen LogP) is 1.32. The van der Waals surface area contributed by atoms with E-state index in [-0.39, 0.29) is 0 Å². The smallest absolute Gasteiger partial charge is 0.0856 e. The highest BCUT2D eigenvalue weighted by molar-refractivity contribution is 5.33. The Morgan fingerprint density at radius 1 is 1.14 bits per heavy atom. The maximum absolute atomic E-state index is 9.31. The minimum Gasteiger partial charge on any atom is -0.389 e. The highest BCUT2D eigenvalue weighted by Gasteiger charge is 2.01. The topological polar surface area (TPSA) is 50.9 Å². The first-order chi connectivity index (χ1) is 6.77. The van der Waals surface area contributed by atoms with Gasteiger partial charge in [0.2, 0.25) is 0 Å². The lowest BCUT2D eigenvalue weighted by Crippen LogP contribution is -1.99. The van der Waals surface area contributed by atoms with Crippen LogP contribution in [-0.4, -0.2) is 20.1 Å². The molecule has 2 aromatic rings. The molecular weight excluding hydrogens is 178 g/mol. The van der Waals surface area contributed by atoms with Crippen LogP contribution in [0.25, 0.3) is 5.69 Å². The summed E-state index contributed by atoms with van der Waals surface area (Å²) in [6.45, 7) is 1.74. The summed E-state index contributed by atoms with van der Waals surface area (Å²) in [7, 11) is 0. The molecule has 0 spiro atoms. The van der Waals surface area contributed by atoms with Gasteiger partial charge in [-0.25, -0.2) is 0 Å². The Labute approximate surface area is 81.8 Å². The SMILES string of the molecule is CC(O)c1ccc(-n2nccn2)cc1. The number of nitrogens with zero attached hydrogens (tertiary/aromatic N) is 3. The van der Waals surface area contributed by atoms with E-state index >= 15 is 0 Å². The summed E-state index contributed by atoms with van der Waals surface area (Å²) in [6, 6.07) is 7.48. The zero-order chi connectivity index (χ0) is 9.97. The summed E-state index contributed by atoms with van der Waals surface area (Å²) < 4.78 is 0. The lowest BCUT2D eigenvalue weighted by atomic mass is 10.1. The highest BCUT2D eigenvalue weighted by Crippen LogP contribution is 2.13. The number of aromatic nitrogens is 3. The molecule has 0 aliphatic carbocycles. The Morgan fingerprint density at radius 2 is 1.71 bits per heavy atom. The van der Waals surface area contributed by atoms with Gasteiger partial charge in [0.15, 0.2) is 0 Å². The van der Waals surface area contributed by atoms with E-state index in [2.05, 4.69) is 10.2 Å². The first kappa shape index (κ1) is 8.90. The van der Waals surface area contributed by atoms with Crippen molar-refractivity contribution in [1.82, 2.24) is 15.0 Å². The molecule has 1 aromatic carbocycles. The van der Waals surface area contributed by atoms with Gasteiger partial charge in [-0.1, -0.05) is 12.1 Å². The molecule has 0 saturated carbocycles. The second kappa shape index (κ2) is 3.59. The number of aliphatic hydroxyl groups is 1. The summed E-state index contributed by atoms with van der Waals surface area (Å²) in [5, 5.41) is 17.3. The van der Waals surface area contributed by atoms with E-state index in [1.807, 2.05) is 24.3 Å². The number of aliphatic hydroxyl groups excluding tert-OH is 1. The van der Waals surface area contributed by atoms with Crippen LogP contribution in [0.15, 0.2) is 36.7 Å². The van der Waals surface area contributed by atoms with Gasteiger partial charge in [0.1, 0.15) is 0 Å². The molecule has 0 amide bonds. The molecule has 4 nitrogen and oxygen atoms in total. The van der Waals surface area contributed by atoms with Crippen LogP contribution >= 0.6 is 0 Å². The van der Waals surface area contributed by atoms with Crippen LogP contribution in [0.1, 0.15) is 18.6 Å². The third-order valence-electron chi connectivity index (χ3n) is 2.03. The van der Waals surface area contributed by atoms with Crippen molar-refractivity contribution in [2.24, 2.45) is 0 Å². The molecular formula is C10H11N3O. The van der Waals surface area contributed by atoms with E-state index in [9.17, 15) is 5.11 Å². The van der Waals surface area contributed by atoms with Crippen LogP contribution in [-0.2, 0) is 0 Å². The molecule has 14 heavy (non-hydrogen) atoms. The van der Waals surface area contributed by atoms with Crippen LogP contribution in [0.5, 0.6) is 0 Å². The van der Waals surface area contributed by atoms with Crippen LogP contribution in [0, 0.1) is 0 Å². The molecule has 1 aromatic heterocycles. The minimum atomic E-state index is -0.436. The quantitative estimate of drug-likeness (QED) is 0.775. The van der Waals surface area contributed by atoms with Crippen molar-refractivity contribution in [3.63, 3.8) is 0 Å². The summed E-state index contributed by atoms with van der Waals surface area (Å²) in [5.74, 6) is 0. The lowest BCUT2D eigenvalue weighted by molar-refractivity contribution is 0.199. The second-order valence-electron chi connectivity index (χ2n) is 3.09. The van der Waals surface area contributed by atoms with Gasteiger partial charge in [-0.3, -0.25) is 0 Å². The van der Waals surface area contributed by atoms with Crippen LogP contribution in [0.2, 0.25) is 0 Å². The summed E-state index contributed by atoms with van der Waals surface area (Å²) in [6.07, 6.45) is 2.82. The molecule has 2 rings (SSSR count). The molecule has 1 heterocycles. The van der Waals surface area contributed by atoms with Crippen molar-refractivity contribution < 1.29 is 5.11 Å². The standard InChI is InChI=1S/C10H11N3O/c1-8(14)9-2-4-10(5-3-9)13-11-6-7-12-13/h2-8,14H,1H3. The fourth-order valence-electron chi connectivity index (χ4n) is 1.24. The summed E-state index contributed by atoms with van der Waals surface area (Å²) in [5.41, 5.74) is 1.78. The third kappa shape index (κ3) is 1.65. The maximum atomic E-state index is 9.31. The van der Waals surface area contributed by atoms with Crippen molar-refractivity contribution in [1.29, 1.82) is 0 Å². The molecule has 72 valence electrons. The van der Waals surface area contributed by atoms with Crippen LogP contribution in [0.3, 0.4) is 0 Å². The van der Waals surface area contributed by atoms with Gasteiger partial charge < -0.3 is 5.11 Å². The number of benzene rings is 1. The fraction of sp³-hybridized carbons (Fsp3) is 0.200. The number of rotatable bonds is 2. The van der Waals surface area contributed by atoms with E-state index in [1.54, 1.807) is 19.3 Å². The Kier molecular flexibility index (Phi) is 2.28. The molecule has 0 bridgehead atoms.